The molecule has 4 saturated carbocycles. The van der Waals surface area contributed by atoms with Gasteiger partial charge in [-0.1, -0.05) is 18.2 Å². The van der Waals surface area contributed by atoms with Crippen LogP contribution in [0.25, 0.3) is 0 Å². The van der Waals surface area contributed by atoms with Gasteiger partial charge in [0.05, 0.1) is 32.1 Å². The number of hydrogen-bond donors (Lipinski definition) is 3. The van der Waals surface area contributed by atoms with Gasteiger partial charge in [0.25, 0.3) is 5.91 Å². The molecule has 36 heavy (non-hydrogen) atoms. The molecule has 0 saturated heterocycles. The smallest absolute Gasteiger partial charge is 0.255 e. The van der Waals surface area contributed by atoms with Crippen molar-refractivity contribution in [3.63, 3.8) is 0 Å². The molecule has 0 heterocycles. The van der Waals surface area contributed by atoms with E-state index in [9.17, 15) is 14.4 Å². The Morgan fingerprint density at radius 3 is 1.89 bits per heavy atom. The van der Waals surface area contributed by atoms with Crippen LogP contribution in [0.1, 0.15) is 48.9 Å². The lowest BCUT2D eigenvalue weighted by Crippen LogP contribution is -2.54. The van der Waals surface area contributed by atoms with Crippen LogP contribution in [0.2, 0.25) is 0 Å². The summed E-state index contributed by atoms with van der Waals surface area (Å²) < 4.78 is 10.9. The molecule has 2 aromatic carbocycles. The van der Waals surface area contributed by atoms with Gasteiger partial charge in [-0.15, -0.1) is 0 Å². The molecule has 0 atom stereocenters. The largest absolute Gasteiger partial charge is 0.494 e. The van der Waals surface area contributed by atoms with E-state index >= 15 is 0 Å². The summed E-state index contributed by atoms with van der Waals surface area (Å²) in [4.78, 5) is 38.5. The van der Waals surface area contributed by atoms with Crippen molar-refractivity contribution in [2.24, 2.45) is 23.2 Å². The first-order valence-electron chi connectivity index (χ1n) is 12.6. The van der Waals surface area contributed by atoms with E-state index in [1.54, 1.807) is 36.4 Å². The van der Waals surface area contributed by atoms with Crippen LogP contribution in [0.15, 0.2) is 42.5 Å². The maximum Gasteiger partial charge on any atom is 0.255 e. The Balaban J connectivity index is 1.23. The summed E-state index contributed by atoms with van der Waals surface area (Å²) in [6.07, 6.45) is 6.64. The molecule has 2 aromatic rings. The highest BCUT2D eigenvalue weighted by molar-refractivity contribution is 6.05. The van der Waals surface area contributed by atoms with Gasteiger partial charge in [-0.3, -0.25) is 14.4 Å². The monoisotopic (exact) mass is 491 g/mol. The van der Waals surface area contributed by atoms with E-state index in [4.69, 9.17) is 9.47 Å². The van der Waals surface area contributed by atoms with E-state index in [-0.39, 0.29) is 29.7 Å². The molecule has 6 rings (SSSR count). The van der Waals surface area contributed by atoms with Crippen LogP contribution in [0.3, 0.4) is 0 Å². The fraction of sp³-hybridized carbons (Fsp3) is 0.464. The van der Waals surface area contributed by atoms with Crippen molar-refractivity contribution in [2.45, 2.75) is 38.5 Å². The number of amides is 3. The third kappa shape index (κ3) is 4.76. The van der Waals surface area contributed by atoms with E-state index in [1.807, 2.05) is 6.07 Å². The Morgan fingerprint density at radius 2 is 1.36 bits per heavy atom. The number of carbonyl (C=O) groups is 3. The van der Waals surface area contributed by atoms with Crippen molar-refractivity contribution in [3.8, 4) is 11.5 Å². The number of carbonyl (C=O) groups excluding carboxylic acids is 3. The van der Waals surface area contributed by atoms with Crippen molar-refractivity contribution in [3.05, 3.63) is 48.0 Å². The Labute approximate surface area is 211 Å². The van der Waals surface area contributed by atoms with Crippen LogP contribution < -0.4 is 25.4 Å². The van der Waals surface area contributed by atoms with Crippen molar-refractivity contribution in [1.29, 1.82) is 0 Å². The van der Waals surface area contributed by atoms with E-state index < -0.39 is 0 Å². The van der Waals surface area contributed by atoms with Gasteiger partial charge in [0.2, 0.25) is 11.8 Å². The highest BCUT2D eigenvalue weighted by Gasteiger charge is 2.54. The van der Waals surface area contributed by atoms with Crippen LogP contribution in [-0.4, -0.2) is 38.5 Å². The van der Waals surface area contributed by atoms with Crippen molar-refractivity contribution < 1.29 is 23.9 Å². The normalized spacial score (nSPS) is 25.7. The Morgan fingerprint density at radius 1 is 0.833 bits per heavy atom. The fourth-order valence-electron chi connectivity index (χ4n) is 6.81. The number of nitrogens with one attached hydrogen (secondary N) is 3. The molecule has 3 amide bonds. The molecular weight excluding hydrogens is 458 g/mol. The van der Waals surface area contributed by atoms with Gasteiger partial charge < -0.3 is 25.4 Å². The third-order valence-electron chi connectivity index (χ3n) is 8.01. The van der Waals surface area contributed by atoms with Crippen LogP contribution in [0.5, 0.6) is 11.5 Å². The zero-order chi connectivity index (χ0) is 25.3. The lowest BCUT2D eigenvalue weighted by atomic mass is 9.49. The molecule has 190 valence electrons. The van der Waals surface area contributed by atoms with Crippen molar-refractivity contribution >= 4 is 29.1 Å². The van der Waals surface area contributed by atoms with E-state index in [0.717, 1.165) is 19.3 Å². The maximum absolute atomic E-state index is 13.2. The van der Waals surface area contributed by atoms with Gasteiger partial charge in [-0.2, -0.15) is 0 Å². The molecule has 8 nitrogen and oxygen atoms in total. The zero-order valence-corrected chi connectivity index (χ0v) is 20.8. The number of hydrogen-bond acceptors (Lipinski definition) is 5. The molecule has 8 heteroatoms. The SMILES string of the molecule is COc1cc(NC(=O)c2ccccc2)c(OC)cc1NC(=O)CNC(=O)C12CC3CC(CC(C3)C1)C2. The predicted octanol–water partition coefficient (Wildman–Crippen LogP) is 4.23. The van der Waals surface area contributed by atoms with E-state index in [0.29, 0.717) is 46.2 Å². The number of anilines is 2. The van der Waals surface area contributed by atoms with Gasteiger partial charge in [-0.25, -0.2) is 0 Å². The molecule has 0 aliphatic heterocycles. The average Bonchev–Trinajstić information content (AvgIpc) is 2.87. The lowest BCUT2D eigenvalue weighted by molar-refractivity contribution is -0.146. The fourth-order valence-corrected chi connectivity index (χ4v) is 6.81. The second kappa shape index (κ2) is 9.84. The van der Waals surface area contributed by atoms with Crippen LogP contribution in [0, 0.1) is 23.2 Å². The summed E-state index contributed by atoms with van der Waals surface area (Å²) in [7, 11) is 2.96. The Bertz CT molecular complexity index is 1130. The van der Waals surface area contributed by atoms with Crippen molar-refractivity contribution in [2.75, 3.05) is 31.4 Å². The molecule has 4 fully saturated rings. The Hall–Kier alpha value is -3.55. The molecule has 4 bridgehead atoms. The van der Waals surface area contributed by atoms with E-state index in [2.05, 4.69) is 16.0 Å². The van der Waals surface area contributed by atoms with Gasteiger partial charge in [0.1, 0.15) is 11.5 Å². The highest BCUT2D eigenvalue weighted by atomic mass is 16.5. The summed E-state index contributed by atoms with van der Waals surface area (Å²) in [5.41, 5.74) is 1.01. The quantitative estimate of drug-likeness (QED) is 0.513. The van der Waals surface area contributed by atoms with E-state index in [1.165, 1.54) is 33.5 Å². The van der Waals surface area contributed by atoms with Crippen LogP contribution >= 0.6 is 0 Å². The van der Waals surface area contributed by atoms with Gasteiger partial charge in [0.15, 0.2) is 0 Å². The average molecular weight is 492 g/mol. The Kier molecular flexibility index (Phi) is 6.60. The number of ether oxygens (including phenoxy) is 2. The van der Waals surface area contributed by atoms with Gasteiger partial charge in [-0.05, 0) is 68.4 Å². The van der Waals surface area contributed by atoms with Crippen LogP contribution in [-0.2, 0) is 9.59 Å². The topological polar surface area (TPSA) is 106 Å². The lowest BCUT2D eigenvalue weighted by Gasteiger charge is -2.55. The molecule has 0 unspecified atom stereocenters. The van der Waals surface area contributed by atoms with Gasteiger partial charge in [0, 0.05) is 23.1 Å². The minimum absolute atomic E-state index is 0.0141. The maximum atomic E-state index is 13.2. The highest BCUT2D eigenvalue weighted by Crippen LogP contribution is 2.60. The summed E-state index contributed by atoms with van der Waals surface area (Å²) in [6.45, 7) is -0.113. The number of benzene rings is 2. The molecule has 3 N–H and O–H groups in total. The summed E-state index contributed by atoms with van der Waals surface area (Å²) in [5, 5.41) is 8.53. The number of methoxy groups -OCH3 is 2. The first-order valence-corrected chi connectivity index (χ1v) is 12.6. The predicted molar refractivity (Wildman–Crippen MR) is 136 cm³/mol. The molecule has 0 radical (unpaired) electrons. The second-order valence-corrected chi connectivity index (χ2v) is 10.5. The molecule has 4 aliphatic carbocycles. The second-order valence-electron chi connectivity index (χ2n) is 10.5. The summed E-state index contributed by atoms with van der Waals surface area (Å²) in [5.74, 6) is 2.08. The number of rotatable bonds is 8. The zero-order valence-electron chi connectivity index (χ0n) is 20.8. The van der Waals surface area contributed by atoms with Crippen molar-refractivity contribution in [1.82, 2.24) is 5.32 Å². The first-order chi connectivity index (χ1) is 17.4. The molecule has 0 spiro atoms. The van der Waals surface area contributed by atoms with Crippen LogP contribution in [0.4, 0.5) is 11.4 Å². The minimum Gasteiger partial charge on any atom is -0.494 e. The first kappa shape index (κ1) is 24.2. The molecule has 0 aromatic heterocycles. The summed E-state index contributed by atoms with van der Waals surface area (Å²) >= 11 is 0. The minimum atomic E-state index is -0.352. The molecular formula is C28H33N3O5. The molecule has 4 aliphatic rings. The van der Waals surface area contributed by atoms with Gasteiger partial charge >= 0.3 is 0 Å². The summed E-state index contributed by atoms with van der Waals surface area (Å²) in [6, 6.07) is 12.0. The third-order valence-corrected chi connectivity index (χ3v) is 8.01. The standard InChI is InChI=1S/C28H33N3O5/c1-35-23-12-22(31-26(33)20-6-4-3-5-7-20)24(36-2)11-21(23)30-25(32)16-29-27(34)28-13-17-8-18(14-28)10-19(9-17)15-28/h3-7,11-12,17-19H,8-10,13-16H2,1-2H3,(H,29,34)(H,30,32)(H,31,33).